The van der Waals surface area contributed by atoms with Gasteiger partial charge in [0.25, 0.3) is 0 Å². The van der Waals surface area contributed by atoms with Crippen LogP contribution in [0.25, 0.3) is 11.3 Å². The summed E-state index contributed by atoms with van der Waals surface area (Å²) in [6.45, 7) is 2.38. The van der Waals surface area contributed by atoms with E-state index in [0.717, 1.165) is 11.3 Å². The molecule has 0 bridgehead atoms. The summed E-state index contributed by atoms with van der Waals surface area (Å²) in [6, 6.07) is 13.3. The molecule has 2 heterocycles. The highest BCUT2D eigenvalue weighted by molar-refractivity contribution is 5.76. The van der Waals surface area contributed by atoms with E-state index in [2.05, 4.69) is 15.5 Å². The molecule has 0 unspecified atom stereocenters. The Morgan fingerprint density at radius 2 is 1.94 bits per heavy atom. The fraction of sp³-hybridized carbons (Fsp3) is 0.250. The van der Waals surface area contributed by atoms with Gasteiger partial charge in [-0.05, 0) is 41.8 Å². The summed E-state index contributed by atoms with van der Waals surface area (Å²) < 4.78 is 21.6. The van der Waals surface area contributed by atoms with Crippen molar-refractivity contribution >= 4 is 11.6 Å². The fourth-order valence-electron chi connectivity index (χ4n) is 3.62. The number of nitrogens with zero attached hydrogens (tertiary/aromatic N) is 4. The van der Waals surface area contributed by atoms with Gasteiger partial charge in [0.2, 0.25) is 11.6 Å². The fourth-order valence-corrected chi connectivity index (χ4v) is 3.62. The number of rotatable bonds is 8. The molecule has 8 nitrogen and oxygen atoms in total. The lowest BCUT2D eigenvalue weighted by atomic mass is 10.0. The van der Waals surface area contributed by atoms with Crippen molar-refractivity contribution in [2.45, 2.75) is 26.3 Å². The molecule has 1 atom stereocenters. The number of aromatic nitrogens is 4. The molecule has 0 aliphatic carbocycles. The summed E-state index contributed by atoms with van der Waals surface area (Å²) in [5.74, 6) is 0.839. The molecular weight excluding hydrogens is 425 g/mol. The second-order valence-electron chi connectivity index (χ2n) is 7.90. The Balaban J connectivity index is 1.40. The lowest BCUT2D eigenvalue weighted by molar-refractivity contribution is -0.122. The minimum absolute atomic E-state index is 0.0149. The number of ether oxygens (including phenoxy) is 1. The largest absolute Gasteiger partial charge is 0.497 e. The van der Waals surface area contributed by atoms with Crippen LogP contribution < -0.4 is 15.6 Å². The first-order valence-corrected chi connectivity index (χ1v) is 10.6. The molecule has 1 amide bonds. The van der Waals surface area contributed by atoms with E-state index in [9.17, 15) is 14.0 Å². The van der Waals surface area contributed by atoms with Crippen molar-refractivity contribution in [2.24, 2.45) is 5.92 Å². The van der Waals surface area contributed by atoms with Crippen LogP contribution >= 0.6 is 0 Å². The summed E-state index contributed by atoms with van der Waals surface area (Å²) in [5.41, 5.74) is 1.14. The Morgan fingerprint density at radius 3 is 2.67 bits per heavy atom. The van der Waals surface area contributed by atoms with Gasteiger partial charge in [0.15, 0.2) is 0 Å². The van der Waals surface area contributed by atoms with Gasteiger partial charge in [-0.2, -0.15) is 0 Å². The number of fused-ring (bicyclic) bond motifs is 1. The zero-order chi connectivity index (χ0) is 23.4. The lowest BCUT2D eigenvalue weighted by Gasteiger charge is -2.11. The van der Waals surface area contributed by atoms with Gasteiger partial charge in [-0.1, -0.05) is 25.1 Å². The standard InChI is InChI=1S/C24H24FN5O3/c1-16(13-22(31)26-15-17-6-8-20(33-2)9-7-17)12-21-27-28-23-24(32)29(10-11-30(21)23)19-5-3-4-18(25)14-19/h3-11,14,16H,12-13,15H2,1-2H3,(H,26,31)/t16-/m0/s1. The Bertz CT molecular complexity index is 1330. The second kappa shape index (κ2) is 9.64. The van der Waals surface area contributed by atoms with E-state index in [1.807, 2.05) is 31.2 Å². The third kappa shape index (κ3) is 5.08. The van der Waals surface area contributed by atoms with Crippen molar-refractivity contribution in [1.29, 1.82) is 0 Å². The molecule has 170 valence electrons. The maximum absolute atomic E-state index is 13.5. The molecule has 0 saturated heterocycles. The van der Waals surface area contributed by atoms with Gasteiger partial charge in [-0.3, -0.25) is 18.6 Å². The van der Waals surface area contributed by atoms with Crippen LogP contribution in [0, 0.1) is 11.7 Å². The van der Waals surface area contributed by atoms with Gasteiger partial charge in [0.1, 0.15) is 17.4 Å². The molecule has 0 saturated carbocycles. The minimum atomic E-state index is -0.430. The van der Waals surface area contributed by atoms with Gasteiger partial charge in [-0.25, -0.2) is 4.39 Å². The molecule has 1 N–H and O–H groups in total. The highest BCUT2D eigenvalue weighted by atomic mass is 19.1. The molecular formula is C24H24FN5O3. The summed E-state index contributed by atoms with van der Waals surface area (Å²) in [5, 5.41) is 11.1. The van der Waals surface area contributed by atoms with E-state index in [-0.39, 0.29) is 17.5 Å². The zero-order valence-electron chi connectivity index (χ0n) is 18.4. The van der Waals surface area contributed by atoms with Crippen molar-refractivity contribution in [1.82, 2.24) is 24.5 Å². The average Bonchev–Trinajstić information content (AvgIpc) is 3.21. The topological polar surface area (TPSA) is 90.5 Å². The molecule has 0 aliphatic rings. The van der Waals surface area contributed by atoms with E-state index < -0.39 is 11.4 Å². The Kier molecular flexibility index (Phi) is 6.48. The maximum atomic E-state index is 13.5. The molecule has 2 aromatic heterocycles. The normalized spacial score (nSPS) is 12.0. The number of carbonyl (C=O) groups is 1. The first-order valence-electron chi connectivity index (χ1n) is 10.6. The number of carbonyl (C=O) groups excluding carboxylic acids is 1. The average molecular weight is 449 g/mol. The van der Waals surface area contributed by atoms with E-state index in [0.29, 0.717) is 30.9 Å². The number of halogens is 1. The summed E-state index contributed by atoms with van der Waals surface area (Å²) in [6.07, 6.45) is 4.02. The van der Waals surface area contributed by atoms with Crippen LogP contribution in [0.4, 0.5) is 4.39 Å². The van der Waals surface area contributed by atoms with Crippen molar-refractivity contribution in [3.63, 3.8) is 0 Å². The van der Waals surface area contributed by atoms with Gasteiger partial charge in [0.05, 0.1) is 12.8 Å². The predicted octanol–water partition coefficient (Wildman–Crippen LogP) is 2.91. The molecule has 4 rings (SSSR count). The highest BCUT2D eigenvalue weighted by Crippen LogP contribution is 2.14. The van der Waals surface area contributed by atoms with Crippen LogP contribution in [0.1, 0.15) is 24.7 Å². The molecule has 0 spiro atoms. The number of amides is 1. The molecule has 9 heteroatoms. The van der Waals surface area contributed by atoms with Crippen LogP contribution in [0.2, 0.25) is 0 Å². The Morgan fingerprint density at radius 1 is 1.15 bits per heavy atom. The Hall–Kier alpha value is -4.01. The highest BCUT2D eigenvalue weighted by Gasteiger charge is 2.16. The second-order valence-corrected chi connectivity index (χ2v) is 7.90. The minimum Gasteiger partial charge on any atom is -0.497 e. The van der Waals surface area contributed by atoms with Crippen molar-refractivity contribution in [3.8, 4) is 11.4 Å². The zero-order valence-corrected chi connectivity index (χ0v) is 18.4. The van der Waals surface area contributed by atoms with Gasteiger partial charge in [-0.15, -0.1) is 10.2 Å². The summed E-state index contributed by atoms with van der Waals surface area (Å²) >= 11 is 0. The Labute approximate surface area is 189 Å². The SMILES string of the molecule is COc1ccc(CNC(=O)C[C@@H](C)Cc2nnc3c(=O)n(-c4cccc(F)c4)ccn23)cc1. The molecule has 0 fully saturated rings. The summed E-state index contributed by atoms with van der Waals surface area (Å²) in [7, 11) is 1.61. The van der Waals surface area contributed by atoms with Crippen molar-refractivity contribution in [2.75, 3.05) is 7.11 Å². The third-order valence-corrected chi connectivity index (χ3v) is 5.34. The number of nitrogens with one attached hydrogen (secondary N) is 1. The van der Waals surface area contributed by atoms with Crippen LogP contribution in [-0.4, -0.2) is 32.2 Å². The number of hydrogen-bond donors (Lipinski definition) is 1. The first-order chi connectivity index (χ1) is 15.9. The molecule has 0 radical (unpaired) electrons. The molecule has 0 aliphatic heterocycles. The molecule has 33 heavy (non-hydrogen) atoms. The van der Waals surface area contributed by atoms with Crippen molar-refractivity contribution < 1.29 is 13.9 Å². The maximum Gasteiger partial charge on any atom is 0.300 e. The third-order valence-electron chi connectivity index (χ3n) is 5.34. The molecule has 2 aromatic carbocycles. The van der Waals surface area contributed by atoms with Crippen LogP contribution in [0.5, 0.6) is 5.75 Å². The number of benzene rings is 2. The van der Waals surface area contributed by atoms with E-state index >= 15 is 0 Å². The van der Waals surface area contributed by atoms with Crippen LogP contribution in [0.3, 0.4) is 0 Å². The van der Waals surface area contributed by atoms with E-state index in [4.69, 9.17) is 4.74 Å². The van der Waals surface area contributed by atoms with Gasteiger partial charge < -0.3 is 10.1 Å². The number of hydrogen-bond acceptors (Lipinski definition) is 5. The van der Waals surface area contributed by atoms with Crippen LogP contribution in [0.15, 0.2) is 65.7 Å². The van der Waals surface area contributed by atoms with Gasteiger partial charge >= 0.3 is 5.56 Å². The quantitative estimate of drug-likeness (QED) is 0.447. The molecule has 4 aromatic rings. The van der Waals surface area contributed by atoms with Gasteiger partial charge in [0, 0.05) is 31.8 Å². The van der Waals surface area contributed by atoms with Crippen molar-refractivity contribution in [3.05, 3.63) is 88.5 Å². The smallest absolute Gasteiger partial charge is 0.300 e. The lowest BCUT2D eigenvalue weighted by Crippen LogP contribution is -2.25. The first kappa shape index (κ1) is 22.2. The summed E-state index contributed by atoms with van der Waals surface area (Å²) in [4.78, 5) is 25.2. The van der Waals surface area contributed by atoms with Crippen LogP contribution in [-0.2, 0) is 17.8 Å². The monoisotopic (exact) mass is 449 g/mol. The predicted molar refractivity (Wildman–Crippen MR) is 121 cm³/mol. The number of methoxy groups -OCH3 is 1. The van der Waals surface area contributed by atoms with E-state index in [1.165, 1.54) is 22.8 Å². The van der Waals surface area contributed by atoms with E-state index in [1.54, 1.807) is 30.0 Å².